The molecule has 0 spiro atoms. The van der Waals surface area contributed by atoms with E-state index in [0.717, 1.165) is 21.3 Å². The predicted octanol–water partition coefficient (Wildman–Crippen LogP) is 2.36. The molecular formula is C13H15N3O. The molecule has 0 unspecified atom stereocenters. The monoisotopic (exact) mass is 229 g/mol. The molecule has 2 aromatic rings. The van der Waals surface area contributed by atoms with Crippen LogP contribution in [0.5, 0.6) is 0 Å². The summed E-state index contributed by atoms with van der Waals surface area (Å²) in [6.45, 7) is 5.61. The highest BCUT2D eigenvalue weighted by Gasteiger charge is 2.18. The molecule has 0 N–H and O–H groups in total. The van der Waals surface area contributed by atoms with Crippen LogP contribution in [0.4, 0.5) is 0 Å². The molecule has 0 bridgehead atoms. The standard InChI is InChI=1S/C13H15N3O/c1-13(2,3)16(17)9-10-5-4-6-11-12(10)15-8-7-14-11/h4-9H,1-3H3/b16-9+. The SMILES string of the molecule is CC(C)(C)/[N+]([O-])=C\c1cccc2nccnc12. The number of para-hydroxylation sites is 1. The smallest absolute Gasteiger partial charge is 0.184 e. The zero-order valence-electron chi connectivity index (χ0n) is 10.2. The van der Waals surface area contributed by atoms with Crippen LogP contribution in [0.3, 0.4) is 0 Å². The van der Waals surface area contributed by atoms with Gasteiger partial charge in [-0.25, -0.2) is 4.74 Å². The first-order valence-corrected chi connectivity index (χ1v) is 5.49. The quantitative estimate of drug-likeness (QED) is 0.326. The molecule has 1 aromatic heterocycles. The van der Waals surface area contributed by atoms with Crippen molar-refractivity contribution in [2.75, 3.05) is 0 Å². The highest BCUT2D eigenvalue weighted by molar-refractivity contribution is 5.94. The normalized spacial score (nSPS) is 13.0. The number of hydroxylamine groups is 1. The lowest BCUT2D eigenvalue weighted by Gasteiger charge is -2.18. The number of hydrogen-bond donors (Lipinski definition) is 0. The van der Waals surface area contributed by atoms with Crippen LogP contribution in [0, 0.1) is 5.21 Å². The molecule has 0 aliphatic heterocycles. The van der Waals surface area contributed by atoms with Crippen molar-refractivity contribution in [3.63, 3.8) is 0 Å². The zero-order valence-corrected chi connectivity index (χ0v) is 10.2. The number of rotatable bonds is 1. The van der Waals surface area contributed by atoms with Crippen LogP contribution < -0.4 is 0 Å². The van der Waals surface area contributed by atoms with E-state index in [9.17, 15) is 5.21 Å². The molecule has 4 heteroatoms. The van der Waals surface area contributed by atoms with Crippen molar-refractivity contribution in [2.45, 2.75) is 26.3 Å². The Kier molecular flexibility index (Phi) is 2.79. The summed E-state index contributed by atoms with van der Waals surface area (Å²) >= 11 is 0. The molecule has 0 aliphatic rings. The summed E-state index contributed by atoms with van der Waals surface area (Å²) in [6, 6.07) is 5.62. The highest BCUT2D eigenvalue weighted by atomic mass is 16.5. The number of aromatic nitrogens is 2. The zero-order chi connectivity index (χ0) is 12.5. The van der Waals surface area contributed by atoms with Crippen molar-refractivity contribution < 1.29 is 4.74 Å². The number of hydrogen-bond acceptors (Lipinski definition) is 3. The van der Waals surface area contributed by atoms with E-state index in [1.54, 1.807) is 18.6 Å². The van der Waals surface area contributed by atoms with Crippen molar-refractivity contribution in [3.8, 4) is 0 Å². The maximum atomic E-state index is 11.9. The molecule has 0 radical (unpaired) electrons. The van der Waals surface area contributed by atoms with E-state index in [1.165, 1.54) is 0 Å². The summed E-state index contributed by atoms with van der Waals surface area (Å²) in [5.41, 5.74) is 1.88. The maximum Gasteiger partial charge on any atom is 0.184 e. The summed E-state index contributed by atoms with van der Waals surface area (Å²) in [6.07, 6.45) is 4.84. The molecule has 0 saturated heterocycles. The van der Waals surface area contributed by atoms with Gasteiger partial charge in [0.15, 0.2) is 11.8 Å². The Morgan fingerprint density at radius 2 is 1.88 bits per heavy atom. The van der Waals surface area contributed by atoms with Crippen molar-refractivity contribution >= 4 is 17.2 Å². The van der Waals surface area contributed by atoms with E-state index in [2.05, 4.69) is 9.97 Å². The van der Waals surface area contributed by atoms with Gasteiger partial charge < -0.3 is 5.21 Å². The van der Waals surface area contributed by atoms with Gasteiger partial charge in [0.25, 0.3) is 0 Å². The summed E-state index contributed by atoms with van der Waals surface area (Å²) in [4.78, 5) is 8.47. The summed E-state index contributed by atoms with van der Waals surface area (Å²) < 4.78 is 0.941. The predicted molar refractivity (Wildman–Crippen MR) is 68.1 cm³/mol. The van der Waals surface area contributed by atoms with E-state index < -0.39 is 5.54 Å². The van der Waals surface area contributed by atoms with Gasteiger partial charge in [0, 0.05) is 33.2 Å². The summed E-state index contributed by atoms with van der Waals surface area (Å²) in [7, 11) is 0. The Hall–Kier alpha value is -1.97. The van der Waals surface area contributed by atoms with Crippen molar-refractivity contribution in [1.82, 2.24) is 9.97 Å². The molecule has 1 aromatic carbocycles. The van der Waals surface area contributed by atoms with Crippen molar-refractivity contribution in [2.24, 2.45) is 0 Å². The van der Waals surface area contributed by atoms with Gasteiger partial charge in [-0.1, -0.05) is 6.07 Å². The molecule has 4 nitrogen and oxygen atoms in total. The maximum absolute atomic E-state index is 11.9. The van der Waals surface area contributed by atoms with Crippen LogP contribution in [0.25, 0.3) is 11.0 Å². The van der Waals surface area contributed by atoms with Gasteiger partial charge in [-0.15, -0.1) is 0 Å². The van der Waals surface area contributed by atoms with E-state index in [4.69, 9.17) is 0 Å². The first-order valence-electron chi connectivity index (χ1n) is 5.49. The Morgan fingerprint density at radius 3 is 2.59 bits per heavy atom. The summed E-state index contributed by atoms with van der Waals surface area (Å²) in [5, 5.41) is 11.9. The van der Waals surface area contributed by atoms with Crippen LogP contribution in [0.1, 0.15) is 26.3 Å². The van der Waals surface area contributed by atoms with E-state index >= 15 is 0 Å². The van der Waals surface area contributed by atoms with Crippen LogP contribution in [-0.2, 0) is 0 Å². The van der Waals surface area contributed by atoms with Crippen LogP contribution in [0.2, 0.25) is 0 Å². The van der Waals surface area contributed by atoms with Crippen LogP contribution in [0.15, 0.2) is 30.6 Å². The largest absolute Gasteiger partial charge is 0.623 e. The Bertz CT molecular complexity index is 565. The first kappa shape index (κ1) is 11.5. The average Bonchev–Trinajstić information content (AvgIpc) is 2.28. The number of benzene rings is 1. The molecule has 0 saturated carbocycles. The van der Waals surface area contributed by atoms with Gasteiger partial charge in [-0.2, -0.15) is 0 Å². The molecule has 0 aliphatic carbocycles. The lowest BCUT2D eigenvalue weighted by Crippen LogP contribution is -2.29. The van der Waals surface area contributed by atoms with Crippen molar-refractivity contribution in [3.05, 3.63) is 41.4 Å². The van der Waals surface area contributed by atoms with Gasteiger partial charge >= 0.3 is 0 Å². The third kappa shape index (κ3) is 2.41. The second kappa shape index (κ2) is 4.13. The van der Waals surface area contributed by atoms with E-state index in [-0.39, 0.29) is 0 Å². The molecule has 17 heavy (non-hydrogen) atoms. The van der Waals surface area contributed by atoms with Crippen LogP contribution >= 0.6 is 0 Å². The third-order valence-corrected chi connectivity index (χ3v) is 2.45. The molecule has 0 fully saturated rings. The van der Waals surface area contributed by atoms with Crippen molar-refractivity contribution in [1.29, 1.82) is 0 Å². The van der Waals surface area contributed by atoms with Gasteiger partial charge in [0.05, 0.1) is 11.1 Å². The topological polar surface area (TPSA) is 51.9 Å². The lowest BCUT2D eigenvalue weighted by atomic mass is 10.1. The fourth-order valence-corrected chi connectivity index (χ4v) is 1.44. The minimum absolute atomic E-state index is 0.454. The Labute approximate surface area is 100 Å². The fourth-order valence-electron chi connectivity index (χ4n) is 1.44. The van der Waals surface area contributed by atoms with Gasteiger partial charge in [0.1, 0.15) is 5.52 Å². The minimum atomic E-state index is -0.454. The fraction of sp³-hybridized carbons (Fsp3) is 0.308. The third-order valence-electron chi connectivity index (χ3n) is 2.45. The average molecular weight is 229 g/mol. The number of nitrogens with zero attached hydrogens (tertiary/aromatic N) is 3. The van der Waals surface area contributed by atoms with Gasteiger partial charge in [-0.3, -0.25) is 9.97 Å². The minimum Gasteiger partial charge on any atom is -0.623 e. The van der Waals surface area contributed by atoms with Crippen LogP contribution in [-0.4, -0.2) is 26.5 Å². The lowest BCUT2D eigenvalue weighted by molar-refractivity contribution is -0.530. The number of fused-ring (bicyclic) bond motifs is 1. The Morgan fingerprint density at radius 1 is 1.18 bits per heavy atom. The molecule has 0 atom stereocenters. The second-order valence-electron chi connectivity index (χ2n) is 4.90. The highest BCUT2D eigenvalue weighted by Crippen LogP contribution is 2.13. The van der Waals surface area contributed by atoms with Gasteiger partial charge in [-0.05, 0) is 12.1 Å². The molecule has 88 valence electrons. The van der Waals surface area contributed by atoms with E-state index in [0.29, 0.717) is 0 Å². The van der Waals surface area contributed by atoms with E-state index in [1.807, 2.05) is 39.0 Å². The second-order valence-corrected chi connectivity index (χ2v) is 4.90. The van der Waals surface area contributed by atoms with Gasteiger partial charge in [0.2, 0.25) is 0 Å². The molecule has 0 amide bonds. The molecular weight excluding hydrogens is 214 g/mol. The molecule has 1 heterocycles. The molecule has 2 rings (SSSR count). The summed E-state index contributed by atoms with van der Waals surface area (Å²) in [5.74, 6) is 0. The first-order chi connectivity index (χ1) is 7.98. The Balaban J connectivity index is 2.57.